The Bertz CT molecular complexity index is 307. The number of nitrogens with zero attached hydrogens (tertiary/aromatic N) is 1. The highest BCUT2D eigenvalue weighted by atomic mass is 16.5. The fourth-order valence-corrected chi connectivity index (χ4v) is 1.63. The largest absolute Gasteiger partial charge is 0.472 e. The van der Waals surface area contributed by atoms with Crippen molar-refractivity contribution in [2.45, 2.75) is 26.0 Å². The van der Waals surface area contributed by atoms with Crippen molar-refractivity contribution in [1.82, 2.24) is 10.3 Å². The molecule has 1 fully saturated rings. The Hall–Kier alpha value is -1.13. The average molecular weight is 222 g/mol. The SMILES string of the molecule is CCNCc1ccc(OC2CCOC2)nc1. The zero-order chi connectivity index (χ0) is 11.2. The van der Waals surface area contributed by atoms with Crippen LogP contribution in [0.2, 0.25) is 0 Å². The second-order valence-electron chi connectivity index (χ2n) is 3.89. The molecule has 0 spiro atoms. The first kappa shape index (κ1) is 11.4. The molecule has 0 radical (unpaired) electrons. The first-order valence-electron chi connectivity index (χ1n) is 5.78. The van der Waals surface area contributed by atoms with E-state index in [1.807, 2.05) is 18.3 Å². The van der Waals surface area contributed by atoms with Gasteiger partial charge in [0.2, 0.25) is 5.88 Å². The summed E-state index contributed by atoms with van der Waals surface area (Å²) in [6.45, 7) is 5.39. The van der Waals surface area contributed by atoms with E-state index in [2.05, 4.69) is 17.2 Å². The minimum absolute atomic E-state index is 0.173. The van der Waals surface area contributed by atoms with Gasteiger partial charge in [0.15, 0.2) is 0 Å². The Morgan fingerprint density at radius 3 is 3.12 bits per heavy atom. The van der Waals surface area contributed by atoms with Crippen LogP contribution in [0.3, 0.4) is 0 Å². The van der Waals surface area contributed by atoms with Crippen LogP contribution < -0.4 is 10.1 Å². The minimum atomic E-state index is 0.173. The summed E-state index contributed by atoms with van der Waals surface area (Å²) in [6.07, 6.45) is 2.99. The van der Waals surface area contributed by atoms with Gasteiger partial charge in [-0.1, -0.05) is 13.0 Å². The van der Waals surface area contributed by atoms with E-state index in [4.69, 9.17) is 9.47 Å². The lowest BCUT2D eigenvalue weighted by Gasteiger charge is -2.10. The molecule has 0 bridgehead atoms. The Balaban J connectivity index is 1.86. The van der Waals surface area contributed by atoms with Crippen molar-refractivity contribution in [1.29, 1.82) is 0 Å². The van der Waals surface area contributed by atoms with Gasteiger partial charge in [-0.15, -0.1) is 0 Å². The van der Waals surface area contributed by atoms with Gasteiger partial charge < -0.3 is 14.8 Å². The van der Waals surface area contributed by atoms with Crippen LogP contribution in [0.15, 0.2) is 18.3 Å². The fraction of sp³-hybridized carbons (Fsp3) is 0.583. The Morgan fingerprint density at radius 2 is 2.50 bits per heavy atom. The molecule has 88 valence electrons. The van der Waals surface area contributed by atoms with Gasteiger partial charge >= 0.3 is 0 Å². The summed E-state index contributed by atoms with van der Waals surface area (Å²) in [5, 5.41) is 3.26. The molecule has 0 aliphatic carbocycles. The summed E-state index contributed by atoms with van der Waals surface area (Å²) in [5.41, 5.74) is 1.18. The van der Waals surface area contributed by atoms with Gasteiger partial charge in [-0.05, 0) is 12.1 Å². The minimum Gasteiger partial charge on any atom is -0.472 e. The van der Waals surface area contributed by atoms with E-state index in [9.17, 15) is 0 Å². The number of pyridine rings is 1. The van der Waals surface area contributed by atoms with Gasteiger partial charge in [0.05, 0.1) is 13.2 Å². The average Bonchev–Trinajstić information content (AvgIpc) is 2.81. The summed E-state index contributed by atoms with van der Waals surface area (Å²) in [7, 11) is 0. The maximum absolute atomic E-state index is 5.68. The first-order chi connectivity index (χ1) is 7.88. The molecule has 0 saturated carbocycles. The first-order valence-corrected chi connectivity index (χ1v) is 5.78. The monoisotopic (exact) mass is 222 g/mol. The third-order valence-electron chi connectivity index (χ3n) is 2.55. The molecular weight excluding hydrogens is 204 g/mol. The van der Waals surface area contributed by atoms with Gasteiger partial charge in [-0.2, -0.15) is 0 Å². The number of aromatic nitrogens is 1. The fourth-order valence-electron chi connectivity index (χ4n) is 1.63. The summed E-state index contributed by atoms with van der Waals surface area (Å²) < 4.78 is 10.9. The smallest absolute Gasteiger partial charge is 0.213 e. The number of hydrogen-bond acceptors (Lipinski definition) is 4. The van der Waals surface area contributed by atoms with Crippen molar-refractivity contribution in [3.05, 3.63) is 23.9 Å². The van der Waals surface area contributed by atoms with Crippen LogP contribution in [-0.4, -0.2) is 30.8 Å². The zero-order valence-electron chi connectivity index (χ0n) is 9.61. The van der Waals surface area contributed by atoms with Crippen LogP contribution in [0.4, 0.5) is 0 Å². The molecule has 4 nitrogen and oxygen atoms in total. The van der Waals surface area contributed by atoms with E-state index in [0.717, 1.165) is 26.1 Å². The normalized spacial score (nSPS) is 19.9. The highest BCUT2D eigenvalue weighted by molar-refractivity contribution is 5.18. The quantitative estimate of drug-likeness (QED) is 0.817. The van der Waals surface area contributed by atoms with Crippen LogP contribution in [0.5, 0.6) is 5.88 Å². The lowest BCUT2D eigenvalue weighted by molar-refractivity contribution is 0.138. The lowest BCUT2D eigenvalue weighted by Crippen LogP contribution is -2.16. The van der Waals surface area contributed by atoms with Crippen molar-refractivity contribution in [3.8, 4) is 5.88 Å². The molecule has 2 rings (SSSR count). The number of rotatable bonds is 5. The zero-order valence-corrected chi connectivity index (χ0v) is 9.61. The molecule has 1 N–H and O–H groups in total. The maximum Gasteiger partial charge on any atom is 0.213 e. The van der Waals surface area contributed by atoms with Crippen LogP contribution in [-0.2, 0) is 11.3 Å². The molecule has 1 aromatic rings. The summed E-state index contributed by atoms with van der Waals surface area (Å²) in [5.74, 6) is 0.691. The second-order valence-corrected chi connectivity index (χ2v) is 3.89. The van der Waals surface area contributed by atoms with E-state index < -0.39 is 0 Å². The third kappa shape index (κ3) is 3.18. The molecule has 1 saturated heterocycles. The van der Waals surface area contributed by atoms with Crippen LogP contribution in [0, 0.1) is 0 Å². The van der Waals surface area contributed by atoms with Crippen LogP contribution >= 0.6 is 0 Å². The molecular formula is C12H18N2O2. The van der Waals surface area contributed by atoms with Gasteiger partial charge in [0.25, 0.3) is 0 Å². The molecule has 1 atom stereocenters. The lowest BCUT2D eigenvalue weighted by atomic mass is 10.3. The molecule has 16 heavy (non-hydrogen) atoms. The Kier molecular flexibility index (Phi) is 4.13. The van der Waals surface area contributed by atoms with Gasteiger partial charge in [-0.25, -0.2) is 4.98 Å². The van der Waals surface area contributed by atoms with Crippen LogP contribution in [0.25, 0.3) is 0 Å². The number of ether oxygens (including phenoxy) is 2. The number of hydrogen-bond donors (Lipinski definition) is 1. The van der Waals surface area contributed by atoms with E-state index >= 15 is 0 Å². The summed E-state index contributed by atoms with van der Waals surface area (Å²) in [4.78, 5) is 4.28. The highest BCUT2D eigenvalue weighted by Gasteiger charge is 2.17. The van der Waals surface area contributed by atoms with E-state index in [-0.39, 0.29) is 6.10 Å². The van der Waals surface area contributed by atoms with Crippen molar-refractivity contribution in [3.63, 3.8) is 0 Å². The molecule has 0 aromatic carbocycles. The molecule has 4 heteroatoms. The standard InChI is InChI=1S/C12H18N2O2/c1-2-13-7-10-3-4-12(14-8-10)16-11-5-6-15-9-11/h3-4,8,11,13H,2,5-7,9H2,1H3. The van der Waals surface area contributed by atoms with E-state index in [1.165, 1.54) is 5.56 Å². The van der Waals surface area contributed by atoms with Gasteiger partial charge in [0, 0.05) is 25.2 Å². The van der Waals surface area contributed by atoms with Crippen LogP contribution in [0.1, 0.15) is 18.9 Å². The summed E-state index contributed by atoms with van der Waals surface area (Å²) >= 11 is 0. The van der Waals surface area contributed by atoms with Crippen molar-refractivity contribution >= 4 is 0 Å². The third-order valence-corrected chi connectivity index (χ3v) is 2.55. The topological polar surface area (TPSA) is 43.4 Å². The van der Waals surface area contributed by atoms with Crippen molar-refractivity contribution in [2.24, 2.45) is 0 Å². The predicted molar refractivity (Wildman–Crippen MR) is 61.5 cm³/mol. The molecule has 1 aromatic heterocycles. The van der Waals surface area contributed by atoms with E-state index in [1.54, 1.807) is 0 Å². The molecule has 1 aliphatic rings. The Morgan fingerprint density at radius 1 is 1.56 bits per heavy atom. The predicted octanol–water partition coefficient (Wildman–Crippen LogP) is 1.36. The molecule has 0 amide bonds. The van der Waals surface area contributed by atoms with E-state index in [0.29, 0.717) is 12.5 Å². The molecule has 1 unspecified atom stereocenters. The summed E-state index contributed by atoms with van der Waals surface area (Å²) in [6, 6.07) is 3.96. The van der Waals surface area contributed by atoms with Crippen molar-refractivity contribution < 1.29 is 9.47 Å². The van der Waals surface area contributed by atoms with Crippen molar-refractivity contribution in [2.75, 3.05) is 19.8 Å². The number of nitrogens with one attached hydrogen (secondary N) is 1. The molecule has 1 aliphatic heterocycles. The second kappa shape index (κ2) is 5.82. The highest BCUT2D eigenvalue weighted by Crippen LogP contribution is 2.14. The Labute approximate surface area is 96.0 Å². The van der Waals surface area contributed by atoms with Gasteiger partial charge in [-0.3, -0.25) is 0 Å². The molecule has 2 heterocycles. The maximum atomic E-state index is 5.68. The van der Waals surface area contributed by atoms with Gasteiger partial charge in [0.1, 0.15) is 6.10 Å².